The summed E-state index contributed by atoms with van der Waals surface area (Å²) in [4.78, 5) is 22.3. The second-order valence-corrected chi connectivity index (χ2v) is 5.54. The third-order valence-electron chi connectivity index (χ3n) is 3.59. The molecule has 3 N–H and O–H groups in total. The summed E-state index contributed by atoms with van der Waals surface area (Å²) in [5.74, 6) is -0.204. The number of aryl methyl sites for hydroxylation is 1. The number of halogens is 1. The molecule has 2 atom stereocenters. The van der Waals surface area contributed by atoms with Gasteiger partial charge >= 0.3 is 0 Å². The first kappa shape index (κ1) is 14.7. The Kier molecular flexibility index (Phi) is 4.25. The molecule has 2 unspecified atom stereocenters. The summed E-state index contributed by atoms with van der Waals surface area (Å²) < 4.78 is 0. The van der Waals surface area contributed by atoms with E-state index in [1.807, 2.05) is 0 Å². The maximum absolute atomic E-state index is 12.1. The first-order chi connectivity index (χ1) is 9.38. The molecule has 1 amide bonds. The molecular weight excluding hydrogens is 282 g/mol. The molecule has 1 fully saturated rings. The van der Waals surface area contributed by atoms with E-state index in [1.165, 1.54) is 12.1 Å². The Morgan fingerprint density at radius 1 is 1.50 bits per heavy atom. The lowest BCUT2D eigenvalue weighted by Crippen LogP contribution is -2.23. The average Bonchev–Trinajstić information content (AvgIpc) is 2.79. The van der Waals surface area contributed by atoms with Gasteiger partial charge in [0.25, 0.3) is 5.69 Å². The highest BCUT2D eigenvalue weighted by Gasteiger charge is 2.28. The van der Waals surface area contributed by atoms with Gasteiger partial charge in [-0.1, -0.05) is 11.6 Å². The molecule has 1 aliphatic carbocycles. The first-order valence-corrected chi connectivity index (χ1v) is 6.77. The highest BCUT2D eigenvalue weighted by Crippen LogP contribution is 2.32. The van der Waals surface area contributed by atoms with Crippen LogP contribution >= 0.6 is 11.6 Å². The molecule has 6 nitrogen and oxygen atoms in total. The van der Waals surface area contributed by atoms with Gasteiger partial charge in [0.15, 0.2) is 0 Å². The molecule has 2 rings (SSSR count). The zero-order chi connectivity index (χ0) is 14.9. The molecule has 1 aromatic rings. The number of hydrogen-bond acceptors (Lipinski definition) is 4. The van der Waals surface area contributed by atoms with Crippen molar-refractivity contribution in [1.29, 1.82) is 0 Å². The molecule has 0 radical (unpaired) electrons. The third-order valence-corrected chi connectivity index (χ3v) is 3.90. The van der Waals surface area contributed by atoms with Crippen molar-refractivity contribution >= 4 is 28.9 Å². The average molecular weight is 298 g/mol. The van der Waals surface area contributed by atoms with E-state index >= 15 is 0 Å². The molecule has 7 heteroatoms. The standard InChI is InChI=1S/C13H16ClN3O3/c1-7-4-12(17(19)20)10(14)6-11(7)16-13(18)8-2-3-9(15)5-8/h4,6,8-9H,2-3,5,15H2,1H3,(H,16,18). The van der Waals surface area contributed by atoms with Crippen LogP contribution in [-0.2, 0) is 4.79 Å². The minimum Gasteiger partial charge on any atom is -0.328 e. The van der Waals surface area contributed by atoms with Crippen molar-refractivity contribution in [3.05, 3.63) is 32.8 Å². The molecule has 1 saturated carbocycles. The number of carbonyl (C=O) groups is 1. The van der Waals surface area contributed by atoms with Crippen LogP contribution in [0.2, 0.25) is 5.02 Å². The summed E-state index contributed by atoms with van der Waals surface area (Å²) in [5, 5.41) is 13.6. The van der Waals surface area contributed by atoms with E-state index < -0.39 is 4.92 Å². The molecule has 1 aromatic carbocycles. The van der Waals surface area contributed by atoms with Crippen LogP contribution in [0.3, 0.4) is 0 Å². The maximum atomic E-state index is 12.1. The number of nitro benzene ring substituents is 1. The van der Waals surface area contributed by atoms with Gasteiger partial charge in [-0.05, 0) is 37.8 Å². The van der Waals surface area contributed by atoms with E-state index in [0.717, 1.165) is 12.8 Å². The highest BCUT2D eigenvalue weighted by atomic mass is 35.5. The van der Waals surface area contributed by atoms with Gasteiger partial charge in [-0.25, -0.2) is 0 Å². The minimum atomic E-state index is -0.545. The van der Waals surface area contributed by atoms with Gasteiger partial charge in [-0.15, -0.1) is 0 Å². The zero-order valence-electron chi connectivity index (χ0n) is 11.1. The van der Waals surface area contributed by atoms with Crippen LogP contribution in [0, 0.1) is 23.0 Å². The van der Waals surface area contributed by atoms with Crippen LogP contribution in [0.4, 0.5) is 11.4 Å². The molecule has 20 heavy (non-hydrogen) atoms. The van der Waals surface area contributed by atoms with Gasteiger partial charge in [0.1, 0.15) is 5.02 Å². The molecule has 0 heterocycles. The highest BCUT2D eigenvalue weighted by molar-refractivity contribution is 6.33. The Morgan fingerprint density at radius 3 is 2.75 bits per heavy atom. The molecule has 1 aliphatic rings. The molecule has 0 aromatic heterocycles. The van der Waals surface area contributed by atoms with Crippen LogP contribution in [0.25, 0.3) is 0 Å². The SMILES string of the molecule is Cc1cc([N+](=O)[O-])c(Cl)cc1NC(=O)C1CCC(N)C1. The van der Waals surface area contributed by atoms with Crippen LogP contribution in [0.15, 0.2) is 12.1 Å². The number of hydrogen-bond donors (Lipinski definition) is 2. The number of benzene rings is 1. The van der Waals surface area contributed by atoms with Crippen LogP contribution in [0.1, 0.15) is 24.8 Å². The summed E-state index contributed by atoms with van der Waals surface area (Å²) in [6.45, 7) is 1.69. The first-order valence-electron chi connectivity index (χ1n) is 6.39. The predicted octanol–water partition coefficient (Wildman–Crippen LogP) is 2.62. The molecule has 0 aliphatic heterocycles. The lowest BCUT2D eigenvalue weighted by atomic mass is 10.1. The van der Waals surface area contributed by atoms with Gasteiger partial charge in [-0.2, -0.15) is 0 Å². The number of nitro groups is 1. The Morgan fingerprint density at radius 2 is 2.20 bits per heavy atom. The lowest BCUT2D eigenvalue weighted by molar-refractivity contribution is -0.384. The second-order valence-electron chi connectivity index (χ2n) is 5.13. The number of amides is 1. The molecule has 108 valence electrons. The van der Waals surface area contributed by atoms with Crippen molar-refractivity contribution in [2.75, 3.05) is 5.32 Å². The third kappa shape index (κ3) is 3.08. The molecule has 0 bridgehead atoms. The van der Waals surface area contributed by atoms with E-state index in [1.54, 1.807) is 6.92 Å². The lowest BCUT2D eigenvalue weighted by Gasteiger charge is -2.13. The number of anilines is 1. The Balaban J connectivity index is 2.15. The summed E-state index contributed by atoms with van der Waals surface area (Å²) in [6.07, 6.45) is 2.29. The number of nitrogens with zero attached hydrogens (tertiary/aromatic N) is 1. The summed E-state index contributed by atoms with van der Waals surface area (Å²) >= 11 is 5.85. The normalized spacial score (nSPS) is 21.8. The van der Waals surface area contributed by atoms with Gasteiger partial charge in [0.2, 0.25) is 5.91 Å². The quantitative estimate of drug-likeness (QED) is 0.662. The fraction of sp³-hybridized carbons (Fsp3) is 0.462. The van der Waals surface area contributed by atoms with Crippen LogP contribution < -0.4 is 11.1 Å². The number of nitrogens with two attached hydrogens (primary N) is 1. The van der Waals surface area contributed by atoms with Gasteiger partial charge in [0.05, 0.1) is 4.92 Å². The van der Waals surface area contributed by atoms with E-state index in [4.69, 9.17) is 17.3 Å². The number of carbonyl (C=O) groups excluding carboxylic acids is 1. The summed E-state index contributed by atoms with van der Waals surface area (Å²) in [6, 6.07) is 2.85. The topological polar surface area (TPSA) is 98.3 Å². The molecule has 0 spiro atoms. The second kappa shape index (κ2) is 5.76. The van der Waals surface area contributed by atoms with Crippen LogP contribution in [0.5, 0.6) is 0 Å². The van der Waals surface area contributed by atoms with E-state index in [0.29, 0.717) is 17.7 Å². The Hall–Kier alpha value is -1.66. The monoisotopic (exact) mass is 297 g/mol. The smallest absolute Gasteiger partial charge is 0.288 e. The van der Waals surface area contributed by atoms with Crippen molar-refractivity contribution < 1.29 is 9.72 Å². The van der Waals surface area contributed by atoms with Gasteiger partial charge in [-0.3, -0.25) is 14.9 Å². The van der Waals surface area contributed by atoms with E-state index in [2.05, 4.69) is 5.32 Å². The fourth-order valence-corrected chi connectivity index (χ4v) is 2.66. The fourth-order valence-electron chi connectivity index (χ4n) is 2.43. The number of nitrogens with one attached hydrogen (secondary N) is 1. The minimum absolute atomic E-state index is 0.0130. The van der Waals surface area contributed by atoms with Crippen molar-refractivity contribution in [2.45, 2.75) is 32.2 Å². The van der Waals surface area contributed by atoms with Crippen molar-refractivity contribution in [3.8, 4) is 0 Å². The largest absolute Gasteiger partial charge is 0.328 e. The molecular formula is C13H16ClN3O3. The summed E-state index contributed by atoms with van der Waals surface area (Å²) in [7, 11) is 0. The zero-order valence-corrected chi connectivity index (χ0v) is 11.8. The predicted molar refractivity (Wildman–Crippen MR) is 76.8 cm³/mol. The van der Waals surface area contributed by atoms with Crippen molar-refractivity contribution in [1.82, 2.24) is 0 Å². The Bertz CT molecular complexity index is 562. The van der Waals surface area contributed by atoms with Crippen LogP contribution in [-0.4, -0.2) is 16.9 Å². The molecule has 0 saturated heterocycles. The van der Waals surface area contributed by atoms with E-state index in [9.17, 15) is 14.9 Å². The van der Waals surface area contributed by atoms with Gasteiger partial charge in [0, 0.05) is 23.7 Å². The van der Waals surface area contributed by atoms with Crippen molar-refractivity contribution in [3.63, 3.8) is 0 Å². The van der Waals surface area contributed by atoms with E-state index in [-0.39, 0.29) is 28.6 Å². The Labute approximate surface area is 121 Å². The van der Waals surface area contributed by atoms with Crippen molar-refractivity contribution in [2.24, 2.45) is 11.7 Å². The maximum Gasteiger partial charge on any atom is 0.288 e. The van der Waals surface area contributed by atoms with Gasteiger partial charge < -0.3 is 11.1 Å². The summed E-state index contributed by atoms with van der Waals surface area (Å²) in [5.41, 5.74) is 6.74. The number of rotatable bonds is 3.